The molecule has 1 N–H and O–H groups in total. The van der Waals surface area contributed by atoms with Gasteiger partial charge in [-0.1, -0.05) is 6.92 Å². The molecule has 2 rings (SSSR count). The van der Waals surface area contributed by atoms with Crippen LogP contribution in [0.25, 0.3) is 0 Å². The average Bonchev–Trinajstić information content (AvgIpc) is 2.27. The normalized spacial score (nSPS) is 16.8. The van der Waals surface area contributed by atoms with Crippen molar-refractivity contribution in [2.45, 2.75) is 13.8 Å². The molecule has 1 fully saturated rings. The minimum atomic E-state index is -0.766. The molecular weight excluding hydrogens is 230 g/mol. The van der Waals surface area contributed by atoms with Gasteiger partial charge in [0.1, 0.15) is 11.9 Å². The number of carboxylic acids is 1. The fourth-order valence-electron chi connectivity index (χ4n) is 2.07. The number of carboxylic acid groups (broad SMARTS) is 1. The van der Waals surface area contributed by atoms with Gasteiger partial charge in [0.15, 0.2) is 0 Å². The molecule has 0 amide bonds. The van der Waals surface area contributed by atoms with Gasteiger partial charge in [0, 0.05) is 24.7 Å². The fraction of sp³-hybridized carbons (Fsp3) is 0.462. The lowest BCUT2D eigenvalue weighted by molar-refractivity contribution is -0.143. The summed E-state index contributed by atoms with van der Waals surface area (Å²) in [5, 5.41) is 18.0. The van der Waals surface area contributed by atoms with E-state index in [1.54, 1.807) is 19.1 Å². The van der Waals surface area contributed by atoms with Crippen LogP contribution in [0.15, 0.2) is 12.1 Å². The van der Waals surface area contributed by atoms with E-state index in [0.29, 0.717) is 24.5 Å². The first kappa shape index (κ1) is 12.4. The zero-order valence-electron chi connectivity index (χ0n) is 10.4. The average molecular weight is 245 g/mol. The van der Waals surface area contributed by atoms with Crippen LogP contribution in [0.1, 0.15) is 18.2 Å². The lowest BCUT2D eigenvalue weighted by Gasteiger charge is -2.42. The third-order valence-electron chi connectivity index (χ3n) is 3.44. The summed E-state index contributed by atoms with van der Waals surface area (Å²) < 4.78 is 0. The summed E-state index contributed by atoms with van der Waals surface area (Å²) in [7, 11) is 0. The summed E-state index contributed by atoms with van der Waals surface area (Å²) in [5.74, 6) is -0.309. The van der Waals surface area contributed by atoms with E-state index >= 15 is 0 Å². The number of hydrogen-bond acceptors (Lipinski definition) is 4. The van der Waals surface area contributed by atoms with E-state index in [-0.39, 0.29) is 11.8 Å². The van der Waals surface area contributed by atoms with Crippen molar-refractivity contribution in [3.63, 3.8) is 0 Å². The number of anilines is 1. The van der Waals surface area contributed by atoms with Gasteiger partial charge in [-0.05, 0) is 19.1 Å². The Labute approximate surface area is 106 Å². The molecule has 0 spiro atoms. The van der Waals surface area contributed by atoms with E-state index < -0.39 is 5.97 Å². The highest BCUT2D eigenvalue weighted by Gasteiger charge is 2.36. The Morgan fingerprint density at radius 2 is 2.28 bits per heavy atom. The SMILES string of the molecule is Cc1ccc(C#N)c(N2CC(C(C)C(=O)O)C2)n1. The monoisotopic (exact) mass is 245 g/mol. The minimum Gasteiger partial charge on any atom is -0.481 e. The van der Waals surface area contributed by atoms with Gasteiger partial charge >= 0.3 is 5.97 Å². The van der Waals surface area contributed by atoms with Gasteiger partial charge in [-0.2, -0.15) is 5.26 Å². The quantitative estimate of drug-likeness (QED) is 0.871. The summed E-state index contributed by atoms with van der Waals surface area (Å²) in [5.41, 5.74) is 1.40. The summed E-state index contributed by atoms with van der Waals surface area (Å²) >= 11 is 0. The Balaban J connectivity index is 2.11. The van der Waals surface area contributed by atoms with Crippen LogP contribution in [0.5, 0.6) is 0 Å². The van der Waals surface area contributed by atoms with Gasteiger partial charge in [0.05, 0.1) is 11.5 Å². The first-order valence-electron chi connectivity index (χ1n) is 5.88. The number of nitrogens with zero attached hydrogens (tertiary/aromatic N) is 3. The molecule has 1 aromatic rings. The predicted molar refractivity (Wildman–Crippen MR) is 66.2 cm³/mol. The summed E-state index contributed by atoms with van der Waals surface area (Å²) in [4.78, 5) is 17.2. The second-order valence-electron chi connectivity index (χ2n) is 4.73. The van der Waals surface area contributed by atoms with E-state index in [1.807, 2.05) is 11.8 Å². The third kappa shape index (κ3) is 2.14. The van der Waals surface area contributed by atoms with Crippen LogP contribution in [-0.2, 0) is 4.79 Å². The Hall–Kier alpha value is -2.09. The van der Waals surface area contributed by atoms with Crippen molar-refractivity contribution in [3.8, 4) is 6.07 Å². The number of rotatable bonds is 3. The summed E-state index contributed by atoms with van der Waals surface area (Å²) in [6, 6.07) is 5.68. The maximum Gasteiger partial charge on any atom is 0.306 e. The minimum absolute atomic E-state index is 0.136. The lowest BCUT2D eigenvalue weighted by Crippen LogP contribution is -2.51. The van der Waals surface area contributed by atoms with E-state index in [9.17, 15) is 4.79 Å². The van der Waals surface area contributed by atoms with Crippen molar-refractivity contribution in [2.75, 3.05) is 18.0 Å². The Morgan fingerprint density at radius 1 is 1.61 bits per heavy atom. The molecule has 0 aliphatic carbocycles. The van der Waals surface area contributed by atoms with Crippen molar-refractivity contribution < 1.29 is 9.90 Å². The molecule has 0 aromatic carbocycles. The Bertz CT molecular complexity index is 515. The van der Waals surface area contributed by atoms with Crippen LogP contribution in [-0.4, -0.2) is 29.1 Å². The number of nitriles is 1. The predicted octanol–water partition coefficient (Wildman–Crippen LogP) is 1.42. The highest BCUT2D eigenvalue weighted by atomic mass is 16.4. The van der Waals surface area contributed by atoms with Gasteiger partial charge in [-0.25, -0.2) is 4.98 Å². The first-order chi connectivity index (χ1) is 8.52. The number of pyridine rings is 1. The smallest absolute Gasteiger partial charge is 0.306 e. The van der Waals surface area contributed by atoms with Crippen molar-refractivity contribution >= 4 is 11.8 Å². The van der Waals surface area contributed by atoms with E-state index in [4.69, 9.17) is 10.4 Å². The topological polar surface area (TPSA) is 77.2 Å². The number of carbonyl (C=O) groups is 1. The molecule has 1 aliphatic heterocycles. The van der Waals surface area contributed by atoms with E-state index in [0.717, 1.165) is 5.69 Å². The fourth-order valence-corrected chi connectivity index (χ4v) is 2.07. The zero-order chi connectivity index (χ0) is 13.3. The summed E-state index contributed by atoms with van der Waals surface area (Å²) in [6.45, 7) is 4.90. The van der Waals surface area contributed by atoms with Gasteiger partial charge in [-0.15, -0.1) is 0 Å². The molecule has 5 heteroatoms. The second-order valence-corrected chi connectivity index (χ2v) is 4.73. The van der Waals surface area contributed by atoms with Crippen LogP contribution >= 0.6 is 0 Å². The molecule has 1 aromatic heterocycles. The molecule has 0 bridgehead atoms. The molecule has 2 heterocycles. The van der Waals surface area contributed by atoms with E-state index in [2.05, 4.69) is 11.1 Å². The molecule has 0 saturated carbocycles. The van der Waals surface area contributed by atoms with E-state index in [1.165, 1.54) is 0 Å². The van der Waals surface area contributed by atoms with Crippen LogP contribution in [0.4, 0.5) is 5.82 Å². The van der Waals surface area contributed by atoms with Crippen molar-refractivity contribution in [3.05, 3.63) is 23.4 Å². The highest BCUT2D eigenvalue weighted by Crippen LogP contribution is 2.30. The molecule has 0 radical (unpaired) electrons. The van der Waals surface area contributed by atoms with Crippen LogP contribution < -0.4 is 4.90 Å². The molecule has 1 atom stereocenters. The summed E-state index contributed by atoms with van der Waals surface area (Å²) in [6.07, 6.45) is 0. The van der Waals surface area contributed by atoms with Crippen molar-refractivity contribution in [2.24, 2.45) is 11.8 Å². The first-order valence-corrected chi connectivity index (χ1v) is 5.88. The second kappa shape index (κ2) is 4.65. The molecule has 1 unspecified atom stereocenters. The Morgan fingerprint density at radius 3 is 2.83 bits per heavy atom. The molecule has 5 nitrogen and oxygen atoms in total. The number of hydrogen-bond donors (Lipinski definition) is 1. The van der Waals surface area contributed by atoms with Crippen LogP contribution in [0.2, 0.25) is 0 Å². The molecule has 1 aliphatic rings. The third-order valence-corrected chi connectivity index (χ3v) is 3.44. The van der Waals surface area contributed by atoms with Gasteiger partial charge in [0.2, 0.25) is 0 Å². The van der Waals surface area contributed by atoms with Gasteiger partial charge < -0.3 is 10.0 Å². The molecular formula is C13H15N3O2. The number of aliphatic carboxylic acids is 1. The lowest BCUT2D eigenvalue weighted by atomic mass is 9.87. The number of aromatic nitrogens is 1. The molecule has 1 saturated heterocycles. The van der Waals surface area contributed by atoms with Gasteiger partial charge in [0.25, 0.3) is 0 Å². The van der Waals surface area contributed by atoms with Crippen molar-refractivity contribution in [1.29, 1.82) is 5.26 Å². The van der Waals surface area contributed by atoms with Crippen molar-refractivity contribution in [1.82, 2.24) is 4.98 Å². The largest absolute Gasteiger partial charge is 0.481 e. The van der Waals surface area contributed by atoms with Gasteiger partial charge in [-0.3, -0.25) is 4.79 Å². The molecule has 94 valence electrons. The Kier molecular flexibility index (Phi) is 3.19. The molecule has 18 heavy (non-hydrogen) atoms. The highest BCUT2D eigenvalue weighted by molar-refractivity contribution is 5.70. The van der Waals surface area contributed by atoms with Crippen LogP contribution in [0.3, 0.4) is 0 Å². The maximum absolute atomic E-state index is 10.9. The number of aryl methyl sites for hydroxylation is 1. The standard InChI is InChI=1S/C13H15N3O2/c1-8-3-4-10(5-14)12(15-8)16-6-11(7-16)9(2)13(17)18/h3-4,9,11H,6-7H2,1-2H3,(H,17,18). The maximum atomic E-state index is 10.9. The zero-order valence-corrected chi connectivity index (χ0v) is 10.4. The van der Waals surface area contributed by atoms with Crippen LogP contribution in [0, 0.1) is 30.1 Å².